The van der Waals surface area contributed by atoms with Gasteiger partial charge in [0.15, 0.2) is 5.82 Å². The second-order valence-electron chi connectivity index (χ2n) is 6.35. The fraction of sp³-hybridized carbons (Fsp3) is 0.800. The van der Waals surface area contributed by atoms with Crippen molar-refractivity contribution in [2.24, 2.45) is 5.92 Å². The third-order valence-corrected chi connectivity index (χ3v) is 4.01. The zero-order valence-corrected chi connectivity index (χ0v) is 13.4. The standard InChI is InChI=1S/C15H26N4O2/c1-10(2)14-17-13(21-18-14)5-7-16-15(20)19-8-6-11(3)9-12(19)4/h10-12H,5-9H2,1-4H3,(H,16,20). The Morgan fingerprint density at radius 2 is 2.24 bits per heavy atom. The second-order valence-corrected chi connectivity index (χ2v) is 6.35. The van der Waals surface area contributed by atoms with Crippen molar-refractivity contribution in [2.45, 2.75) is 58.9 Å². The number of piperidine rings is 1. The first-order valence-electron chi connectivity index (χ1n) is 7.84. The molecule has 2 atom stereocenters. The molecule has 2 heterocycles. The van der Waals surface area contributed by atoms with Crippen LogP contribution in [0, 0.1) is 5.92 Å². The number of hydrogen-bond donors (Lipinski definition) is 1. The van der Waals surface area contributed by atoms with Crippen molar-refractivity contribution >= 4 is 6.03 Å². The lowest BCUT2D eigenvalue weighted by Crippen LogP contribution is -2.49. The van der Waals surface area contributed by atoms with Crippen molar-refractivity contribution < 1.29 is 9.32 Å². The molecule has 0 radical (unpaired) electrons. The Kier molecular flexibility index (Phi) is 5.20. The molecule has 2 amide bonds. The highest BCUT2D eigenvalue weighted by Crippen LogP contribution is 2.21. The van der Waals surface area contributed by atoms with Gasteiger partial charge in [-0.05, 0) is 25.7 Å². The Morgan fingerprint density at radius 3 is 2.86 bits per heavy atom. The Hall–Kier alpha value is -1.59. The average Bonchev–Trinajstić information content (AvgIpc) is 2.87. The third-order valence-electron chi connectivity index (χ3n) is 4.01. The summed E-state index contributed by atoms with van der Waals surface area (Å²) in [6, 6.07) is 0.322. The fourth-order valence-electron chi connectivity index (χ4n) is 2.69. The van der Waals surface area contributed by atoms with E-state index in [0.29, 0.717) is 30.8 Å². The molecule has 6 nitrogen and oxygen atoms in total. The van der Waals surface area contributed by atoms with Crippen LogP contribution in [0.3, 0.4) is 0 Å². The van der Waals surface area contributed by atoms with Crippen molar-refractivity contribution in [3.8, 4) is 0 Å². The minimum absolute atomic E-state index is 0.0120. The van der Waals surface area contributed by atoms with Crippen molar-refractivity contribution in [1.82, 2.24) is 20.4 Å². The molecule has 0 aromatic carbocycles. The lowest BCUT2D eigenvalue weighted by molar-refractivity contribution is 0.139. The number of aromatic nitrogens is 2. The molecule has 0 spiro atoms. The lowest BCUT2D eigenvalue weighted by atomic mass is 9.94. The van der Waals surface area contributed by atoms with Crippen LogP contribution in [0.2, 0.25) is 0 Å². The number of carbonyl (C=O) groups excluding carboxylic acids is 1. The van der Waals surface area contributed by atoms with E-state index in [0.717, 1.165) is 25.2 Å². The molecule has 0 aliphatic carbocycles. The van der Waals surface area contributed by atoms with E-state index in [-0.39, 0.29) is 11.9 Å². The highest BCUT2D eigenvalue weighted by molar-refractivity contribution is 5.74. The van der Waals surface area contributed by atoms with Crippen LogP contribution in [0.5, 0.6) is 0 Å². The van der Waals surface area contributed by atoms with Gasteiger partial charge in [0.25, 0.3) is 0 Å². The minimum Gasteiger partial charge on any atom is -0.339 e. The normalized spacial score (nSPS) is 22.6. The van der Waals surface area contributed by atoms with Crippen LogP contribution in [-0.2, 0) is 6.42 Å². The molecule has 1 aliphatic rings. The lowest BCUT2D eigenvalue weighted by Gasteiger charge is -2.36. The zero-order chi connectivity index (χ0) is 15.4. The van der Waals surface area contributed by atoms with Crippen LogP contribution < -0.4 is 5.32 Å². The largest absolute Gasteiger partial charge is 0.339 e. The van der Waals surface area contributed by atoms with Gasteiger partial charge in [-0.1, -0.05) is 25.9 Å². The van der Waals surface area contributed by atoms with Crippen molar-refractivity contribution in [1.29, 1.82) is 0 Å². The number of hydrogen-bond acceptors (Lipinski definition) is 4. The molecular formula is C15H26N4O2. The van der Waals surface area contributed by atoms with Crippen molar-refractivity contribution in [2.75, 3.05) is 13.1 Å². The van der Waals surface area contributed by atoms with Gasteiger partial charge in [-0.15, -0.1) is 0 Å². The smallest absolute Gasteiger partial charge is 0.317 e. The summed E-state index contributed by atoms with van der Waals surface area (Å²) >= 11 is 0. The van der Waals surface area contributed by atoms with Gasteiger partial charge < -0.3 is 14.7 Å². The van der Waals surface area contributed by atoms with Crippen molar-refractivity contribution in [3.05, 3.63) is 11.7 Å². The Labute approximate surface area is 126 Å². The summed E-state index contributed by atoms with van der Waals surface area (Å²) in [6.45, 7) is 9.77. The van der Waals surface area contributed by atoms with Crippen LogP contribution in [0.25, 0.3) is 0 Å². The summed E-state index contributed by atoms with van der Waals surface area (Å²) < 4.78 is 5.16. The SMILES string of the molecule is CC1CCN(C(=O)NCCc2nc(C(C)C)no2)C(C)C1. The molecule has 1 aliphatic heterocycles. The molecule has 2 rings (SSSR count). The topological polar surface area (TPSA) is 71.3 Å². The number of carbonyl (C=O) groups is 1. The molecule has 1 fully saturated rings. The maximum atomic E-state index is 12.2. The molecule has 1 saturated heterocycles. The van der Waals surface area contributed by atoms with Crippen LogP contribution >= 0.6 is 0 Å². The number of amides is 2. The Morgan fingerprint density at radius 1 is 1.48 bits per heavy atom. The van der Waals surface area contributed by atoms with E-state index in [1.807, 2.05) is 18.7 Å². The highest BCUT2D eigenvalue weighted by atomic mass is 16.5. The first-order valence-corrected chi connectivity index (χ1v) is 7.84. The maximum Gasteiger partial charge on any atom is 0.317 e. The molecular weight excluding hydrogens is 268 g/mol. The zero-order valence-electron chi connectivity index (χ0n) is 13.4. The number of rotatable bonds is 4. The molecule has 6 heteroatoms. The van der Waals surface area contributed by atoms with Gasteiger partial charge in [0, 0.05) is 31.5 Å². The van der Waals surface area contributed by atoms with E-state index in [1.165, 1.54) is 0 Å². The van der Waals surface area contributed by atoms with Gasteiger partial charge in [0.1, 0.15) is 0 Å². The van der Waals surface area contributed by atoms with Gasteiger partial charge in [-0.3, -0.25) is 0 Å². The number of likely N-dealkylation sites (tertiary alicyclic amines) is 1. The first kappa shape index (κ1) is 15.8. The van der Waals surface area contributed by atoms with E-state index >= 15 is 0 Å². The summed E-state index contributed by atoms with van der Waals surface area (Å²) in [5.41, 5.74) is 0. The molecule has 1 aromatic heterocycles. The second kappa shape index (κ2) is 6.91. The monoisotopic (exact) mass is 294 g/mol. The third kappa shape index (κ3) is 4.19. The fourth-order valence-corrected chi connectivity index (χ4v) is 2.69. The summed E-state index contributed by atoms with van der Waals surface area (Å²) in [5, 5.41) is 6.86. The van der Waals surface area contributed by atoms with Gasteiger partial charge in [-0.2, -0.15) is 4.98 Å². The van der Waals surface area contributed by atoms with Crippen LogP contribution in [-0.4, -0.2) is 40.2 Å². The summed E-state index contributed by atoms with van der Waals surface area (Å²) in [4.78, 5) is 18.4. The summed E-state index contributed by atoms with van der Waals surface area (Å²) in [5.74, 6) is 2.26. The van der Waals surface area contributed by atoms with Crippen LogP contribution in [0.4, 0.5) is 4.79 Å². The Balaban J connectivity index is 1.76. The molecule has 1 aromatic rings. The van der Waals surface area contributed by atoms with Crippen molar-refractivity contribution in [3.63, 3.8) is 0 Å². The Bertz CT molecular complexity index is 472. The highest BCUT2D eigenvalue weighted by Gasteiger charge is 2.26. The van der Waals surface area contributed by atoms with E-state index in [9.17, 15) is 4.79 Å². The molecule has 0 saturated carbocycles. The summed E-state index contributed by atoms with van der Waals surface area (Å²) in [7, 11) is 0. The minimum atomic E-state index is 0.0120. The summed E-state index contributed by atoms with van der Waals surface area (Å²) in [6.07, 6.45) is 2.73. The van der Waals surface area contributed by atoms with E-state index in [2.05, 4.69) is 29.3 Å². The molecule has 2 unspecified atom stereocenters. The predicted octanol–water partition coefficient (Wildman–Crippen LogP) is 2.57. The van der Waals surface area contributed by atoms with Gasteiger partial charge in [-0.25, -0.2) is 4.79 Å². The van der Waals surface area contributed by atoms with E-state index < -0.39 is 0 Å². The van der Waals surface area contributed by atoms with Crippen LogP contribution in [0.1, 0.15) is 58.2 Å². The first-order chi connectivity index (χ1) is 9.97. The van der Waals surface area contributed by atoms with Crippen LogP contribution in [0.15, 0.2) is 4.52 Å². The number of nitrogens with zero attached hydrogens (tertiary/aromatic N) is 3. The number of nitrogens with one attached hydrogen (secondary N) is 1. The van der Waals surface area contributed by atoms with E-state index in [4.69, 9.17) is 4.52 Å². The maximum absolute atomic E-state index is 12.2. The quantitative estimate of drug-likeness (QED) is 0.926. The molecule has 21 heavy (non-hydrogen) atoms. The predicted molar refractivity (Wildman–Crippen MR) is 80.1 cm³/mol. The molecule has 1 N–H and O–H groups in total. The molecule has 0 bridgehead atoms. The van der Waals surface area contributed by atoms with Gasteiger partial charge in [0.05, 0.1) is 0 Å². The van der Waals surface area contributed by atoms with Gasteiger partial charge >= 0.3 is 6.03 Å². The average molecular weight is 294 g/mol. The van der Waals surface area contributed by atoms with Gasteiger partial charge in [0.2, 0.25) is 5.89 Å². The molecule has 118 valence electrons. The van der Waals surface area contributed by atoms with E-state index in [1.54, 1.807) is 0 Å². The number of urea groups is 1.